The van der Waals surface area contributed by atoms with Crippen LogP contribution in [0, 0.1) is 0 Å². The predicted octanol–water partition coefficient (Wildman–Crippen LogP) is 20.9. The molecular weight excluding hydrogens is 853 g/mol. The highest BCUT2D eigenvalue weighted by atomic mass is 16.6. The monoisotopic (exact) mass is 973 g/mol. The largest absolute Gasteiger partial charge is 0.462 e. The smallest absolute Gasteiger partial charge is 0.306 e. The normalized spacial score (nSPS) is 12.0. The Morgan fingerprint density at radius 3 is 0.725 bits per heavy atom. The van der Waals surface area contributed by atoms with E-state index in [9.17, 15) is 14.4 Å². The second kappa shape index (κ2) is 58.7. The van der Waals surface area contributed by atoms with Crippen LogP contribution in [0.25, 0.3) is 0 Å². The molecule has 0 saturated heterocycles. The summed E-state index contributed by atoms with van der Waals surface area (Å²) in [7, 11) is 0. The van der Waals surface area contributed by atoms with Gasteiger partial charge in [0.15, 0.2) is 6.10 Å². The lowest BCUT2D eigenvalue weighted by molar-refractivity contribution is -0.167. The molecule has 0 aromatic carbocycles. The van der Waals surface area contributed by atoms with E-state index in [1.807, 2.05) is 0 Å². The highest BCUT2D eigenvalue weighted by Crippen LogP contribution is 2.18. The van der Waals surface area contributed by atoms with E-state index in [-0.39, 0.29) is 31.1 Å². The van der Waals surface area contributed by atoms with Gasteiger partial charge < -0.3 is 14.2 Å². The van der Waals surface area contributed by atoms with Gasteiger partial charge in [0.05, 0.1) is 0 Å². The minimum Gasteiger partial charge on any atom is -0.462 e. The van der Waals surface area contributed by atoms with Crippen LogP contribution in [0.3, 0.4) is 0 Å². The third-order valence-electron chi connectivity index (χ3n) is 14.3. The van der Waals surface area contributed by atoms with Gasteiger partial charge in [-0.2, -0.15) is 0 Å². The molecule has 0 spiro atoms. The fraction of sp³-hybridized carbons (Fsp3) is 0.921. The lowest BCUT2D eigenvalue weighted by Gasteiger charge is -2.18. The number of allylic oxidation sites excluding steroid dienone is 2. The molecule has 6 heteroatoms. The number of carbonyl (C=O) groups excluding carboxylic acids is 3. The Bertz CT molecular complexity index is 1070. The number of rotatable bonds is 58. The van der Waals surface area contributed by atoms with E-state index in [4.69, 9.17) is 14.2 Å². The summed E-state index contributed by atoms with van der Waals surface area (Å²) in [5, 5.41) is 0. The molecule has 0 aliphatic carbocycles. The SMILES string of the molecule is CCCCCCCCCC/C=C\CCCCCCCCCCCCCC(=O)OCC(COC(=O)CCCCCCCCCCCCCCCC)OC(=O)CCCCCCCCCCCCCCCC. The first-order valence-corrected chi connectivity index (χ1v) is 31.2. The summed E-state index contributed by atoms with van der Waals surface area (Å²) in [6.45, 7) is 6.71. The number of unbranched alkanes of at least 4 members (excludes halogenated alkanes) is 45. The van der Waals surface area contributed by atoms with Crippen LogP contribution < -0.4 is 0 Å². The molecule has 0 fully saturated rings. The van der Waals surface area contributed by atoms with Gasteiger partial charge in [0.25, 0.3) is 0 Å². The highest BCUT2D eigenvalue weighted by molar-refractivity contribution is 5.71. The van der Waals surface area contributed by atoms with Crippen LogP contribution in [-0.4, -0.2) is 37.2 Å². The molecule has 0 N–H and O–H groups in total. The Morgan fingerprint density at radius 1 is 0.275 bits per heavy atom. The molecular formula is C63H120O6. The second-order valence-corrected chi connectivity index (χ2v) is 21.3. The van der Waals surface area contributed by atoms with Crippen molar-refractivity contribution in [2.24, 2.45) is 0 Å². The Balaban J connectivity index is 4.23. The van der Waals surface area contributed by atoms with E-state index in [1.54, 1.807) is 0 Å². The van der Waals surface area contributed by atoms with Crippen molar-refractivity contribution in [3.05, 3.63) is 12.2 Å². The van der Waals surface area contributed by atoms with Crippen molar-refractivity contribution in [3.8, 4) is 0 Å². The van der Waals surface area contributed by atoms with Crippen molar-refractivity contribution < 1.29 is 28.6 Å². The molecule has 0 aromatic heterocycles. The second-order valence-electron chi connectivity index (χ2n) is 21.3. The minimum absolute atomic E-state index is 0.0635. The summed E-state index contributed by atoms with van der Waals surface area (Å²) in [5.41, 5.74) is 0. The fourth-order valence-electron chi connectivity index (χ4n) is 9.56. The Morgan fingerprint density at radius 2 is 0.478 bits per heavy atom. The minimum atomic E-state index is -0.764. The zero-order chi connectivity index (χ0) is 50.0. The average molecular weight is 974 g/mol. The summed E-state index contributed by atoms with van der Waals surface area (Å²) < 4.78 is 16.9. The molecule has 0 radical (unpaired) electrons. The molecule has 6 nitrogen and oxygen atoms in total. The molecule has 0 bridgehead atoms. The van der Waals surface area contributed by atoms with Gasteiger partial charge in [-0.1, -0.05) is 303 Å². The van der Waals surface area contributed by atoms with Crippen molar-refractivity contribution in [2.45, 2.75) is 361 Å². The summed E-state index contributed by atoms with van der Waals surface area (Å²) in [6.07, 6.45) is 67.8. The first-order chi connectivity index (χ1) is 34.0. The van der Waals surface area contributed by atoms with E-state index in [2.05, 4.69) is 32.9 Å². The van der Waals surface area contributed by atoms with Gasteiger partial charge >= 0.3 is 17.9 Å². The van der Waals surface area contributed by atoms with E-state index in [0.717, 1.165) is 57.8 Å². The van der Waals surface area contributed by atoms with Crippen LogP contribution in [0.4, 0.5) is 0 Å². The zero-order valence-corrected chi connectivity index (χ0v) is 46.9. The van der Waals surface area contributed by atoms with Gasteiger partial charge in [-0.3, -0.25) is 14.4 Å². The van der Waals surface area contributed by atoms with E-state index >= 15 is 0 Å². The van der Waals surface area contributed by atoms with Crippen molar-refractivity contribution >= 4 is 17.9 Å². The van der Waals surface area contributed by atoms with E-state index < -0.39 is 6.10 Å². The molecule has 0 heterocycles. The van der Waals surface area contributed by atoms with Gasteiger partial charge in [-0.15, -0.1) is 0 Å². The summed E-state index contributed by atoms with van der Waals surface area (Å²) in [4.78, 5) is 38.2. The Hall–Kier alpha value is -1.85. The molecule has 0 aromatic rings. The lowest BCUT2D eigenvalue weighted by Crippen LogP contribution is -2.30. The first kappa shape index (κ1) is 67.1. The highest BCUT2D eigenvalue weighted by Gasteiger charge is 2.19. The van der Waals surface area contributed by atoms with Crippen molar-refractivity contribution in [1.82, 2.24) is 0 Å². The molecule has 0 aliphatic heterocycles. The van der Waals surface area contributed by atoms with Gasteiger partial charge in [0.1, 0.15) is 13.2 Å². The van der Waals surface area contributed by atoms with Crippen LogP contribution in [0.15, 0.2) is 12.2 Å². The molecule has 0 saturated carbocycles. The summed E-state index contributed by atoms with van der Waals surface area (Å²) in [6, 6.07) is 0. The topological polar surface area (TPSA) is 78.9 Å². The molecule has 0 aliphatic rings. The van der Waals surface area contributed by atoms with Gasteiger partial charge in [-0.05, 0) is 44.9 Å². The number of hydrogen-bond donors (Lipinski definition) is 0. The van der Waals surface area contributed by atoms with Crippen LogP contribution in [0.2, 0.25) is 0 Å². The van der Waals surface area contributed by atoms with Crippen molar-refractivity contribution in [2.75, 3.05) is 13.2 Å². The molecule has 69 heavy (non-hydrogen) atoms. The fourth-order valence-corrected chi connectivity index (χ4v) is 9.56. The number of carbonyl (C=O) groups is 3. The van der Waals surface area contributed by atoms with Crippen LogP contribution in [0.5, 0.6) is 0 Å². The van der Waals surface area contributed by atoms with Gasteiger partial charge in [0, 0.05) is 19.3 Å². The average Bonchev–Trinajstić information content (AvgIpc) is 3.35. The molecule has 0 amide bonds. The van der Waals surface area contributed by atoms with Crippen LogP contribution in [-0.2, 0) is 28.6 Å². The predicted molar refractivity (Wildman–Crippen MR) is 298 cm³/mol. The zero-order valence-electron chi connectivity index (χ0n) is 46.9. The molecule has 0 rings (SSSR count). The maximum absolute atomic E-state index is 12.9. The first-order valence-electron chi connectivity index (χ1n) is 31.2. The van der Waals surface area contributed by atoms with Crippen molar-refractivity contribution in [1.29, 1.82) is 0 Å². The third-order valence-corrected chi connectivity index (χ3v) is 14.3. The quantitative estimate of drug-likeness (QED) is 0.0261. The van der Waals surface area contributed by atoms with Crippen molar-refractivity contribution in [3.63, 3.8) is 0 Å². The van der Waals surface area contributed by atoms with E-state index in [1.165, 1.54) is 257 Å². The number of ether oxygens (including phenoxy) is 3. The lowest BCUT2D eigenvalue weighted by atomic mass is 10.0. The van der Waals surface area contributed by atoms with Gasteiger partial charge in [0.2, 0.25) is 0 Å². The number of esters is 3. The van der Waals surface area contributed by atoms with E-state index in [0.29, 0.717) is 19.3 Å². The summed E-state index contributed by atoms with van der Waals surface area (Å²) >= 11 is 0. The standard InChI is InChI=1S/C63H120O6/c1-4-7-10-13-16-19-22-25-28-29-30-31-32-33-34-35-36-39-41-44-47-50-53-56-62(65)68-59-60(69-63(66)57-54-51-48-45-42-38-27-24-21-18-15-12-9-6-3)58-67-61(64)55-52-49-46-43-40-37-26-23-20-17-14-11-8-5-2/h29-30,60H,4-28,31-59H2,1-3H3/b30-29-. The summed E-state index contributed by atoms with van der Waals surface area (Å²) in [5.74, 6) is -0.836. The van der Waals surface area contributed by atoms with Gasteiger partial charge in [-0.25, -0.2) is 0 Å². The van der Waals surface area contributed by atoms with Crippen LogP contribution >= 0.6 is 0 Å². The Kier molecular flexibility index (Phi) is 57.1. The Labute approximate surface area is 431 Å². The maximum Gasteiger partial charge on any atom is 0.306 e. The number of hydrogen-bond acceptors (Lipinski definition) is 6. The molecule has 1 unspecified atom stereocenters. The molecule has 1 atom stereocenters. The third kappa shape index (κ3) is 56.9. The van der Waals surface area contributed by atoms with Crippen LogP contribution in [0.1, 0.15) is 355 Å². The molecule has 408 valence electrons. The maximum atomic E-state index is 12.9.